The van der Waals surface area contributed by atoms with Gasteiger partial charge >= 0.3 is 0 Å². The molecule has 3 aliphatic rings. The maximum absolute atomic E-state index is 13.9. The number of carbonyl (C=O) groups is 2. The van der Waals surface area contributed by atoms with Gasteiger partial charge in [-0.2, -0.15) is 0 Å². The zero-order chi connectivity index (χ0) is 20.8. The van der Waals surface area contributed by atoms with Gasteiger partial charge in [0, 0.05) is 24.6 Å². The van der Waals surface area contributed by atoms with Crippen LogP contribution in [0, 0.1) is 17.8 Å². The lowest BCUT2D eigenvalue weighted by Gasteiger charge is -2.16. The molecule has 1 unspecified atom stereocenters. The number of ether oxygens (including phenoxy) is 1. The van der Waals surface area contributed by atoms with E-state index in [9.17, 15) is 14.0 Å². The van der Waals surface area contributed by atoms with Gasteiger partial charge in [0.2, 0.25) is 0 Å². The van der Waals surface area contributed by atoms with Crippen LogP contribution in [0.2, 0.25) is 0 Å². The number of carbonyl (C=O) groups excluding carboxylic acids is 2. The highest BCUT2D eigenvalue weighted by Crippen LogP contribution is 2.51. The largest absolute Gasteiger partial charge is 0.486 e. The summed E-state index contributed by atoms with van der Waals surface area (Å²) >= 11 is 0. The van der Waals surface area contributed by atoms with E-state index in [0.717, 1.165) is 18.7 Å². The highest BCUT2D eigenvalue weighted by Gasteiger charge is 2.53. The number of hydrogen-bond acceptors (Lipinski definition) is 4. The van der Waals surface area contributed by atoms with E-state index in [-0.39, 0.29) is 17.6 Å². The molecular weight excluding hydrogens is 383 g/mol. The minimum Gasteiger partial charge on any atom is -0.486 e. The molecule has 156 valence electrons. The van der Waals surface area contributed by atoms with Gasteiger partial charge in [0.15, 0.2) is 5.78 Å². The number of amides is 1. The van der Waals surface area contributed by atoms with Crippen molar-refractivity contribution < 1.29 is 18.7 Å². The fourth-order valence-electron chi connectivity index (χ4n) is 5.25. The van der Waals surface area contributed by atoms with E-state index in [2.05, 4.69) is 10.6 Å². The van der Waals surface area contributed by atoms with Crippen LogP contribution in [0.1, 0.15) is 44.2 Å². The number of halogens is 1. The van der Waals surface area contributed by atoms with Gasteiger partial charge in [-0.05, 0) is 48.5 Å². The van der Waals surface area contributed by atoms with Crippen LogP contribution in [0.4, 0.5) is 4.39 Å². The van der Waals surface area contributed by atoms with Crippen molar-refractivity contribution in [3.8, 4) is 5.75 Å². The molecule has 2 aliphatic heterocycles. The normalized spacial score (nSPS) is 28.4. The van der Waals surface area contributed by atoms with Crippen LogP contribution in [0.25, 0.3) is 0 Å². The predicted octanol–water partition coefficient (Wildman–Crippen LogP) is 2.95. The Morgan fingerprint density at radius 2 is 1.90 bits per heavy atom. The van der Waals surface area contributed by atoms with Crippen molar-refractivity contribution >= 4 is 11.7 Å². The molecule has 30 heavy (non-hydrogen) atoms. The predicted molar refractivity (Wildman–Crippen MR) is 111 cm³/mol. The summed E-state index contributed by atoms with van der Waals surface area (Å²) in [6.07, 6.45) is -0.225. The van der Waals surface area contributed by atoms with Crippen LogP contribution >= 0.6 is 0 Å². The summed E-state index contributed by atoms with van der Waals surface area (Å²) in [6, 6.07) is 13.0. The second kappa shape index (κ2) is 7.51. The van der Waals surface area contributed by atoms with E-state index in [4.69, 9.17) is 4.74 Å². The Balaban J connectivity index is 1.54. The Morgan fingerprint density at radius 1 is 1.17 bits per heavy atom. The first-order valence-corrected chi connectivity index (χ1v) is 10.5. The number of hydrogen-bond donors (Lipinski definition) is 2. The smallest absolute Gasteiger partial charge is 0.254 e. The van der Waals surface area contributed by atoms with Crippen molar-refractivity contribution in [3.05, 3.63) is 64.7 Å². The third-order valence-corrected chi connectivity index (χ3v) is 6.89. The van der Waals surface area contributed by atoms with E-state index in [0.29, 0.717) is 46.6 Å². The van der Waals surface area contributed by atoms with Crippen LogP contribution in [0.3, 0.4) is 0 Å². The summed E-state index contributed by atoms with van der Waals surface area (Å²) in [6.45, 7) is 1.29. The first kappa shape index (κ1) is 19.2. The lowest BCUT2D eigenvalue weighted by Crippen LogP contribution is -2.22. The molecule has 0 radical (unpaired) electrons. The Kier molecular flexibility index (Phi) is 4.82. The second-order valence-corrected chi connectivity index (χ2v) is 8.50. The van der Waals surface area contributed by atoms with Gasteiger partial charge < -0.3 is 15.4 Å². The molecule has 5 atom stereocenters. The van der Waals surface area contributed by atoms with E-state index in [1.165, 1.54) is 7.05 Å². The number of nitrogens with one attached hydrogen (secondary N) is 2. The monoisotopic (exact) mass is 408 g/mol. The van der Waals surface area contributed by atoms with E-state index in [1.807, 2.05) is 36.4 Å². The number of alkyl halides is 1. The average Bonchev–Trinajstić information content (AvgIpc) is 3.14. The van der Waals surface area contributed by atoms with Crippen molar-refractivity contribution in [2.24, 2.45) is 17.8 Å². The zero-order valence-electron chi connectivity index (χ0n) is 16.9. The van der Waals surface area contributed by atoms with Gasteiger partial charge in [0.05, 0.1) is 11.5 Å². The Bertz CT molecular complexity index is 983. The third-order valence-electron chi connectivity index (χ3n) is 6.89. The van der Waals surface area contributed by atoms with Gasteiger partial charge in [0.1, 0.15) is 18.5 Å². The minimum atomic E-state index is -0.718. The molecule has 1 saturated heterocycles. The van der Waals surface area contributed by atoms with Crippen LogP contribution in [-0.2, 0) is 0 Å². The number of benzene rings is 2. The highest BCUT2D eigenvalue weighted by molar-refractivity contribution is 6.03. The minimum absolute atomic E-state index is 0.0397. The molecular formula is C24H25FN2O3. The first-order valence-electron chi connectivity index (χ1n) is 10.5. The lowest BCUT2D eigenvalue weighted by atomic mass is 9.86. The van der Waals surface area contributed by atoms with Crippen molar-refractivity contribution in [2.45, 2.75) is 18.4 Å². The SMILES string of the molecule is CNC(=O)c1cc(C(=O)CC2[C@H]3CNC[C@@H]23)cc2c1O[C@H](CF)[C@H]2c1ccccc1. The fraction of sp³-hybridized carbons (Fsp3) is 0.417. The maximum atomic E-state index is 13.9. The van der Waals surface area contributed by atoms with Gasteiger partial charge in [-0.25, -0.2) is 4.39 Å². The average molecular weight is 408 g/mol. The third kappa shape index (κ3) is 3.10. The summed E-state index contributed by atoms with van der Waals surface area (Å²) in [5.74, 6) is 1.35. The lowest BCUT2D eigenvalue weighted by molar-refractivity contribution is 0.0955. The van der Waals surface area contributed by atoms with Crippen LogP contribution in [0.15, 0.2) is 42.5 Å². The quantitative estimate of drug-likeness (QED) is 0.722. The molecule has 5 rings (SSSR count). The summed E-state index contributed by atoms with van der Waals surface area (Å²) in [7, 11) is 1.54. The number of fused-ring (bicyclic) bond motifs is 2. The van der Waals surface area contributed by atoms with Crippen LogP contribution in [0.5, 0.6) is 5.75 Å². The first-order chi connectivity index (χ1) is 14.6. The van der Waals surface area contributed by atoms with E-state index in [1.54, 1.807) is 6.07 Å². The summed E-state index contributed by atoms with van der Waals surface area (Å²) in [4.78, 5) is 25.7. The van der Waals surface area contributed by atoms with Crippen molar-refractivity contribution in [1.29, 1.82) is 0 Å². The molecule has 1 amide bonds. The molecule has 5 nitrogen and oxygen atoms in total. The van der Waals surface area contributed by atoms with Gasteiger partial charge in [-0.1, -0.05) is 30.3 Å². The molecule has 2 aromatic rings. The summed E-state index contributed by atoms with van der Waals surface area (Å²) in [5.41, 5.74) is 2.43. The molecule has 2 fully saturated rings. The van der Waals surface area contributed by atoms with Crippen molar-refractivity contribution in [3.63, 3.8) is 0 Å². The Hall–Kier alpha value is -2.73. The van der Waals surface area contributed by atoms with Crippen molar-refractivity contribution in [1.82, 2.24) is 10.6 Å². The van der Waals surface area contributed by atoms with Gasteiger partial charge in [-0.15, -0.1) is 0 Å². The molecule has 0 aromatic heterocycles. The zero-order valence-corrected chi connectivity index (χ0v) is 16.9. The van der Waals surface area contributed by atoms with Gasteiger partial charge in [0.25, 0.3) is 5.91 Å². The molecule has 1 aliphatic carbocycles. The topological polar surface area (TPSA) is 67.4 Å². The Labute approximate surface area is 175 Å². The van der Waals surface area contributed by atoms with Crippen molar-refractivity contribution in [2.75, 3.05) is 26.8 Å². The highest BCUT2D eigenvalue weighted by atomic mass is 19.1. The molecule has 2 N–H and O–H groups in total. The van der Waals surface area contributed by atoms with Crippen LogP contribution < -0.4 is 15.4 Å². The number of piperidine rings is 1. The second-order valence-electron chi connectivity index (χ2n) is 8.50. The molecule has 0 bridgehead atoms. The number of rotatable bonds is 6. The van der Waals surface area contributed by atoms with Crippen LogP contribution in [-0.4, -0.2) is 44.6 Å². The summed E-state index contributed by atoms with van der Waals surface area (Å²) in [5, 5.41) is 5.97. The van der Waals surface area contributed by atoms with Gasteiger partial charge in [-0.3, -0.25) is 9.59 Å². The number of ketones is 1. The maximum Gasteiger partial charge on any atom is 0.254 e. The summed E-state index contributed by atoms with van der Waals surface area (Å²) < 4.78 is 19.8. The number of Topliss-reactive ketones (excluding diaryl/α,β-unsaturated/α-hetero) is 1. The van der Waals surface area contributed by atoms with E-state index >= 15 is 0 Å². The fourth-order valence-corrected chi connectivity index (χ4v) is 5.25. The molecule has 6 heteroatoms. The molecule has 2 aromatic carbocycles. The molecule has 2 heterocycles. The Morgan fingerprint density at radius 3 is 2.57 bits per heavy atom. The molecule has 0 spiro atoms. The standard InChI is InChI=1S/C24H25FN2O3/c1-26-24(29)17-8-14(20(28)9-15-18-11-27-12-19(15)18)7-16-22(13-5-3-2-4-6-13)21(10-25)30-23(16)17/h2-8,15,18-19,21-22,27H,9-12H2,1H3,(H,26,29)/t15?,18-,19+,21-,22+/m1/s1. The molecule has 1 saturated carbocycles. The van der Waals surface area contributed by atoms with E-state index < -0.39 is 12.8 Å².